The van der Waals surface area contributed by atoms with Crippen LogP contribution >= 0.6 is 0 Å². The van der Waals surface area contributed by atoms with E-state index < -0.39 is 29.1 Å². The van der Waals surface area contributed by atoms with Crippen LogP contribution in [-0.4, -0.2) is 16.1 Å². The van der Waals surface area contributed by atoms with Crippen molar-refractivity contribution in [3.8, 4) is 0 Å². The molecule has 19 heavy (non-hydrogen) atoms. The first-order valence-corrected chi connectivity index (χ1v) is 5.08. The van der Waals surface area contributed by atoms with E-state index in [1.165, 1.54) is 12.1 Å². The zero-order valence-corrected chi connectivity index (χ0v) is 9.32. The van der Waals surface area contributed by atoms with Gasteiger partial charge >= 0.3 is 5.97 Å². The molecule has 0 aliphatic heterocycles. The van der Waals surface area contributed by atoms with E-state index >= 15 is 0 Å². The predicted molar refractivity (Wildman–Crippen MR) is 60.8 cm³/mol. The fourth-order valence-corrected chi connectivity index (χ4v) is 1.38. The van der Waals surface area contributed by atoms with Gasteiger partial charge in [0.2, 0.25) is 0 Å². The van der Waals surface area contributed by atoms with Gasteiger partial charge in [-0.3, -0.25) is 0 Å². The number of anilines is 2. The second-order valence-corrected chi connectivity index (χ2v) is 3.61. The lowest BCUT2D eigenvalue weighted by Gasteiger charge is -2.07. The number of carbonyl (C=O) groups is 1. The molecule has 0 radical (unpaired) electrons. The number of halogens is 3. The molecule has 0 spiro atoms. The fourth-order valence-electron chi connectivity index (χ4n) is 1.38. The molecule has 2 rings (SSSR count). The number of aromatic nitrogens is 1. The number of carboxylic acid groups (broad SMARTS) is 1. The van der Waals surface area contributed by atoms with Crippen LogP contribution < -0.4 is 5.32 Å². The minimum atomic E-state index is -1.33. The monoisotopic (exact) mass is 268 g/mol. The molecular weight excluding hydrogens is 261 g/mol. The predicted octanol–water partition coefficient (Wildman–Crippen LogP) is 2.94. The van der Waals surface area contributed by atoms with E-state index in [0.717, 1.165) is 12.3 Å². The first-order valence-electron chi connectivity index (χ1n) is 5.08. The van der Waals surface area contributed by atoms with Crippen LogP contribution in [0.25, 0.3) is 0 Å². The van der Waals surface area contributed by atoms with Crippen molar-refractivity contribution in [3.05, 3.63) is 53.5 Å². The molecule has 1 aromatic heterocycles. The standard InChI is InChI=1S/C12H7F3N2O2/c13-7-3-8(14)11(15)9(4-7)17-10-2-1-6(5-16-10)12(18)19/h1-5H,(H,16,17)(H,18,19). The lowest BCUT2D eigenvalue weighted by Crippen LogP contribution is -2.01. The van der Waals surface area contributed by atoms with E-state index in [1.807, 2.05) is 0 Å². The second-order valence-electron chi connectivity index (χ2n) is 3.61. The van der Waals surface area contributed by atoms with E-state index in [2.05, 4.69) is 10.3 Å². The smallest absolute Gasteiger partial charge is 0.337 e. The number of carboxylic acids is 1. The van der Waals surface area contributed by atoms with Crippen LogP contribution in [0.2, 0.25) is 0 Å². The summed E-state index contributed by atoms with van der Waals surface area (Å²) >= 11 is 0. The normalized spacial score (nSPS) is 10.3. The summed E-state index contributed by atoms with van der Waals surface area (Å²) in [5.41, 5.74) is -0.482. The maximum atomic E-state index is 13.3. The van der Waals surface area contributed by atoms with E-state index in [4.69, 9.17) is 5.11 Å². The lowest BCUT2D eigenvalue weighted by molar-refractivity contribution is 0.0696. The number of nitrogens with zero attached hydrogens (tertiary/aromatic N) is 1. The number of rotatable bonds is 3. The quantitative estimate of drug-likeness (QED) is 0.840. The van der Waals surface area contributed by atoms with Crippen LogP contribution in [0.5, 0.6) is 0 Å². The van der Waals surface area contributed by atoms with Crippen molar-refractivity contribution in [1.29, 1.82) is 0 Å². The third-order valence-electron chi connectivity index (χ3n) is 2.27. The average molecular weight is 268 g/mol. The topological polar surface area (TPSA) is 62.2 Å². The summed E-state index contributed by atoms with van der Waals surface area (Å²) in [7, 11) is 0. The Morgan fingerprint density at radius 3 is 2.53 bits per heavy atom. The molecule has 0 aliphatic rings. The Balaban J connectivity index is 2.28. The molecule has 7 heteroatoms. The van der Waals surface area contributed by atoms with Crippen molar-refractivity contribution >= 4 is 17.5 Å². The van der Waals surface area contributed by atoms with Crippen molar-refractivity contribution < 1.29 is 23.1 Å². The molecule has 0 bridgehead atoms. The Labute approximate surface area is 105 Å². The van der Waals surface area contributed by atoms with Crippen LogP contribution in [0, 0.1) is 17.5 Å². The van der Waals surface area contributed by atoms with E-state index in [-0.39, 0.29) is 11.4 Å². The third-order valence-corrected chi connectivity index (χ3v) is 2.27. The number of nitrogens with one attached hydrogen (secondary N) is 1. The van der Waals surface area contributed by atoms with Crippen molar-refractivity contribution in [3.63, 3.8) is 0 Å². The highest BCUT2D eigenvalue weighted by Crippen LogP contribution is 2.22. The molecule has 0 atom stereocenters. The first-order chi connectivity index (χ1) is 8.97. The van der Waals surface area contributed by atoms with Crippen LogP contribution in [0.4, 0.5) is 24.7 Å². The Kier molecular flexibility index (Phi) is 3.37. The first kappa shape index (κ1) is 12.9. The van der Waals surface area contributed by atoms with Gasteiger partial charge < -0.3 is 10.4 Å². The number of hydrogen-bond donors (Lipinski definition) is 2. The third kappa shape index (κ3) is 2.82. The van der Waals surface area contributed by atoms with Gasteiger partial charge in [0.1, 0.15) is 11.6 Å². The largest absolute Gasteiger partial charge is 0.478 e. The molecule has 2 N–H and O–H groups in total. The summed E-state index contributed by atoms with van der Waals surface area (Å²) in [5.74, 6) is -4.62. The van der Waals surface area contributed by atoms with Gasteiger partial charge in [-0.15, -0.1) is 0 Å². The molecule has 0 amide bonds. The van der Waals surface area contributed by atoms with E-state index in [0.29, 0.717) is 6.07 Å². The molecule has 0 fully saturated rings. The summed E-state index contributed by atoms with van der Waals surface area (Å²) in [4.78, 5) is 14.3. The molecule has 98 valence electrons. The highest BCUT2D eigenvalue weighted by molar-refractivity contribution is 5.87. The van der Waals surface area contributed by atoms with Gasteiger partial charge in [-0.05, 0) is 12.1 Å². The highest BCUT2D eigenvalue weighted by atomic mass is 19.2. The summed E-state index contributed by atoms with van der Waals surface area (Å²) in [5, 5.41) is 11.0. The van der Waals surface area contributed by atoms with E-state index in [1.54, 1.807) is 0 Å². The van der Waals surface area contributed by atoms with Gasteiger partial charge in [0.05, 0.1) is 11.3 Å². The molecule has 0 saturated carbocycles. The van der Waals surface area contributed by atoms with Gasteiger partial charge in [-0.2, -0.15) is 0 Å². The summed E-state index contributed by atoms with van der Waals surface area (Å²) < 4.78 is 39.2. The number of benzene rings is 1. The van der Waals surface area contributed by atoms with Crippen LogP contribution in [-0.2, 0) is 0 Å². The van der Waals surface area contributed by atoms with Gasteiger partial charge in [0.15, 0.2) is 11.6 Å². The molecule has 2 aromatic rings. The molecule has 1 aromatic carbocycles. The Morgan fingerprint density at radius 1 is 1.21 bits per heavy atom. The fraction of sp³-hybridized carbons (Fsp3) is 0. The molecule has 0 unspecified atom stereocenters. The van der Waals surface area contributed by atoms with Gasteiger partial charge in [-0.1, -0.05) is 0 Å². The van der Waals surface area contributed by atoms with Crippen molar-refractivity contribution in [2.45, 2.75) is 0 Å². The minimum Gasteiger partial charge on any atom is -0.478 e. The molecule has 4 nitrogen and oxygen atoms in total. The number of hydrogen-bond acceptors (Lipinski definition) is 3. The van der Waals surface area contributed by atoms with Crippen LogP contribution in [0.3, 0.4) is 0 Å². The Bertz CT molecular complexity index is 630. The second kappa shape index (κ2) is 4.97. The number of pyridine rings is 1. The van der Waals surface area contributed by atoms with Gasteiger partial charge in [-0.25, -0.2) is 22.9 Å². The maximum Gasteiger partial charge on any atom is 0.337 e. The SMILES string of the molecule is O=C(O)c1ccc(Nc2cc(F)cc(F)c2F)nc1. The molecule has 0 aliphatic carbocycles. The van der Waals surface area contributed by atoms with Gasteiger partial charge in [0.25, 0.3) is 0 Å². The zero-order chi connectivity index (χ0) is 14.0. The Morgan fingerprint density at radius 2 is 1.95 bits per heavy atom. The van der Waals surface area contributed by atoms with Gasteiger partial charge in [0, 0.05) is 18.3 Å². The molecule has 0 saturated heterocycles. The number of aromatic carboxylic acids is 1. The minimum absolute atomic E-state index is 0.0588. The summed E-state index contributed by atoms with van der Waals surface area (Å²) in [6, 6.07) is 3.67. The summed E-state index contributed by atoms with van der Waals surface area (Å²) in [6.45, 7) is 0. The maximum absolute atomic E-state index is 13.3. The van der Waals surface area contributed by atoms with Crippen molar-refractivity contribution in [2.75, 3.05) is 5.32 Å². The summed E-state index contributed by atoms with van der Waals surface area (Å²) in [6.07, 6.45) is 1.04. The van der Waals surface area contributed by atoms with E-state index in [9.17, 15) is 18.0 Å². The Hall–Kier alpha value is -2.57. The van der Waals surface area contributed by atoms with Crippen molar-refractivity contribution in [2.24, 2.45) is 0 Å². The highest BCUT2D eigenvalue weighted by Gasteiger charge is 2.12. The van der Waals surface area contributed by atoms with Crippen molar-refractivity contribution in [1.82, 2.24) is 4.98 Å². The lowest BCUT2D eigenvalue weighted by atomic mass is 10.2. The zero-order valence-electron chi connectivity index (χ0n) is 9.32. The molecule has 1 heterocycles. The average Bonchev–Trinajstić information content (AvgIpc) is 2.36. The van der Waals surface area contributed by atoms with Crippen LogP contribution in [0.1, 0.15) is 10.4 Å². The van der Waals surface area contributed by atoms with Crippen LogP contribution in [0.15, 0.2) is 30.5 Å². The molecular formula is C12H7F3N2O2.